The minimum Gasteiger partial charge on any atom is -0.384 e. The number of nitrogen functional groups attached to an aromatic ring is 1. The second kappa shape index (κ2) is 6.82. The van der Waals surface area contributed by atoms with Crippen molar-refractivity contribution in [3.8, 4) is 5.69 Å². The number of fused-ring (bicyclic) bond motifs is 1. The SMILES string of the molecule is CC1CCN(S(=O)(=O)c2ccc(-n3c(N)c4c(cc3=O)C(=O)NC4=O)cc2)CC1. The van der Waals surface area contributed by atoms with Crippen molar-refractivity contribution in [2.45, 2.75) is 24.7 Å². The number of nitrogens with two attached hydrogens (primary N) is 1. The minimum atomic E-state index is -3.62. The number of imide groups is 1. The molecule has 0 spiro atoms. The minimum absolute atomic E-state index is 0.0614. The Morgan fingerprint density at radius 3 is 2.28 bits per heavy atom. The van der Waals surface area contributed by atoms with E-state index in [1.165, 1.54) is 28.6 Å². The Bertz CT molecular complexity index is 1180. The lowest BCUT2D eigenvalue weighted by Crippen LogP contribution is -2.37. The monoisotopic (exact) mass is 416 g/mol. The first kappa shape index (κ1) is 19.3. The van der Waals surface area contributed by atoms with Gasteiger partial charge in [-0.25, -0.2) is 8.42 Å². The van der Waals surface area contributed by atoms with Gasteiger partial charge in [-0.3, -0.25) is 24.3 Å². The highest BCUT2D eigenvalue weighted by atomic mass is 32.2. The zero-order chi connectivity index (χ0) is 20.9. The van der Waals surface area contributed by atoms with Crippen LogP contribution >= 0.6 is 0 Å². The summed E-state index contributed by atoms with van der Waals surface area (Å²) < 4.78 is 28.2. The van der Waals surface area contributed by atoms with Crippen LogP contribution in [0, 0.1) is 5.92 Å². The highest BCUT2D eigenvalue weighted by Gasteiger charge is 2.32. The van der Waals surface area contributed by atoms with Crippen molar-refractivity contribution in [2.75, 3.05) is 18.8 Å². The zero-order valence-corrected chi connectivity index (χ0v) is 16.5. The molecule has 9 nitrogen and oxygen atoms in total. The van der Waals surface area contributed by atoms with Gasteiger partial charge in [-0.05, 0) is 43.0 Å². The van der Waals surface area contributed by atoms with Gasteiger partial charge in [0.2, 0.25) is 10.0 Å². The highest BCUT2D eigenvalue weighted by Crippen LogP contribution is 2.26. The van der Waals surface area contributed by atoms with E-state index in [9.17, 15) is 22.8 Å². The van der Waals surface area contributed by atoms with E-state index in [1.807, 2.05) is 0 Å². The summed E-state index contributed by atoms with van der Waals surface area (Å²) in [5.74, 6) is -1.01. The fourth-order valence-corrected chi connectivity index (χ4v) is 5.16. The molecule has 2 aliphatic heterocycles. The molecule has 0 bridgehead atoms. The number of nitrogens with one attached hydrogen (secondary N) is 1. The Morgan fingerprint density at radius 1 is 1.03 bits per heavy atom. The lowest BCUT2D eigenvalue weighted by Gasteiger charge is -2.29. The normalized spacial score (nSPS) is 18.0. The van der Waals surface area contributed by atoms with E-state index in [2.05, 4.69) is 12.2 Å². The van der Waals surface area contributed by atoms with Gasteiger partial charge in [0, 0.05) is 19.2 Å². The number of anilines is 1. The molecule has 10 heteroatoms. The van der Waals surface area contributed by atoms with Gasteiger partial charge in [-0.2, -0.15) is 4.31 Å². The number of sulfonamides is 1. The first-order valence-electron chi connectivity index (χ1n) is 9.22. The summed E-state index contributed by atoms with van der Waals surface area (Å²) in [6, 6.07) is 6.78. The zero-order valence-electron chi connectivity index (χ0n) is 15.7. The number of aromatic nitrogens is 1. The molecule has 3 heterocycles. The number of hydrogen-bond acceptors (Lipinski definition) is 6. The molecule has 0 atom stereocenters. The summed E-state index contributed by atoms with van der Waals surface area (Å²) in [6.45, 7) is 3.06. The lowest BCUT2D eigenvalue weighted by atomic mass is 10.0. The number of benzene rings is 1. The number of carbonyl (C=O) groups excluding carboxylic acids is 2. The predicted molar refractivity (Wildman–Crippen MR) is 105 cm³/mol. The maximum atomic E-state index is 12.9. The average molecular weight is 416 g/mol. The largest absolute Gasteiger partial charge is 0.384 e. The van der Waals surface area contributed by atoms with Crippen molar-refractivity contribution >= 4 is 27.7 Å². The van der Waals surface area contributed by atoms with Gasteiger partial charge in [-0.15, -0.1) is 0 Å². The molecule has 4 rings (SSSR count). The van der Waals surface area contributed by atoms with Gasteiger partial charge in [0.15, 0.2) is 0 Å². The Kier molecular flexibility index (Phi) is 4.55. The molecule has 2 aromatic rings. The van der Waals surface area contributed by atoms with E-state index >= 15 is 0 Å². The molecule has 1 aromatic heterocycles. The molecule has 0 radical (unpaired) electrons. The molecule has 0 unspecified atom stereocenters. The maximum Gasteiger partial charge on any atom is 0.262 e. The van der Waals surface area contributed by atoms with E-state index in [-0.39, 0.29) is 21.8 Å². The fraction of sp³-hybridized carbons (Fsp3) is 0.316. The summed E-state index contributed by atoms with van der Waals surface area (Å²) in [4.78, 5) is 36.3. The number of hydrogen-bond donors (Lipinski definition) is 2. The third-order valence-corrected chi connectivity index (χ3v) is 7.34. The van der Waals surface area contributed by atoms with Gasteiger partial charge in [0.05, 0.1) is 21.7 Å². The van der Waals surface area contributed by atoms with Gasteiger partial charge in [0.25, 0.3) is 17.4 Å². The number of pyridine rings is 1. The van der Waals surface area contributed by atoms with E-state index in [1.54, 1.807) is 0 Å². The topological polar surface area (TPSA) is 132 Å². The molecule has 0 aliphatic carbocycles. The van der Waals surface area contributed by atoms with Crippen LogP contribution in [0.2, 0.25) is 0 Å². The third kappa shape index (κ3) is 3.14. The summed E-state index contributed by atoms with van der Waals surface area (Å²) in [5, 5.41) is 2.10. The van der Waals surface area contributed by atoms with Crippen molar-refractivity contribution in [1.29, 1.82) is 0 Å². The van der Waals surface area contributed by atoms with Crippen LogP contribution < -0.4 is 16.6 Å². The summed E-state index contributed by atoms with van der Waals surface area (Å²) in [5.41, 5.74) is 5.58. The van der Waals surface area contributed by atoms with Crippen molar-refractivity contribution in [2.24, 2.45) is 5.92 Å². The molecule has 1 fully saturated rings. The molecule has 1 aromatic carbocycles. The Labute approximate surface area is 167 Å². The Morgan fingerprint density at radius 2 is 1.66 bits per heavy atom. The molecular weight excluding hydrogens is 396 g/mol. The standard InChI is InChI=1S/C19H20N4O5S/c1-11-6-8-22(9-7-11)29(27,28)13-4-2-12(3-5-13)23-15(24)10-14-16(17(23)20)19(26)21-18(14)25/h2-5,10-11H,6-9,20H2,1H3,(H,21,25,26). The van der Waals surface area contributed by atoms with Crippen LogP contribution in [-0.4, -0.2) is 42.2 Å². The lowest BCUT2D eigenvalue weighted by molar-refractivity contribution is 0.0880. The number of carbonyl (C=O) groups is 2. The highest BCUT2D eigenvalue weighted by molar-refractivity contribution is 7.89. The van der Waals surface area contributed by atoms with Crippen LogP contribution in [0.15, 0.2) is 40.0 Å². The van der Waals surface area contributed by atoms with E-state index in [0.717, 1.165) is 23.5 Å². The summed E-state index contributed by atoms with van der Waals surface area (Å²) in [6.07, 6.45) is 1.64. The number of rotatable bonds is 3. The second-order valence-corrected chi connectivity index (χ2v) is 9.29. The van der Waals surface area contributed by atoms with Crippen LogP contribution in [0.4, 0.5) is 5.82 Å². The van der Waals surface area contributed by atoms with Crippen molar-refractivity contribution < 1.29 is 18.0 Å². The Balaban J connectivity index is 1.71. The molecule has 0 saturated carbocycles. The van der Waals surface area contributed by atoms with Crippen LogP contribution in [0.25, 0.3) is 5.69 Å². The second-order valence-electron chi connectivity index (χ2n) is 7.36. The third-order valence-electron chi connectivity index (χ3n) is 5.43. The molecule has 2 amide bonds. The molecule has 3 N–H and O–H groups in total. The van der Waals surface area contributed by atoms with Crippen LogP contribution in [-0.2, 0) is 10.0 Å². The Hall–Kier alpha value is -2.98. The molecule has 2 aliphatic rings. The quantitative estimate of drug-likeness (QED) is 0.709. The van der Waals surface area contributed by atoms with Crippen LogP contribution in [0.5, 0.6) is 0 Å². The van der Waals surface area contributed by atoms with Crippen molar-refractivity contribution in [3.63, 3.8) is 0 Å². The van der Waals surface area contributed by atoms with E-state index in [0.29, 0.717) is 24.7 Å². The van der Waals surface area contributed by atoms with Gasteiger partial charge in [-0.1, -0.05) is 6.92 Å². The molecular formula is C19H20N4O5S. The van der Waals surface area contributed by atoms with Gasteiger partial charge in [0.1, 0.15) is 5.82 Å². The van der Waals surface area contributed by atoms with Gasteiger partial charge < -0.3 is 5.73 Å². The summed E-state index contributed by atoms with van der Waals surface area (Å²) >= 11 is 0. The number of piperidine rings is 1. The smallest absolute Gasteiger partial charge is 0.262 e. The number of amides is 2. The molecule has 152 valence electrons. The summed E-state index contributed by atoms with van der Waals surface area (Å²) in [7, 11) is -3.62. The van der Waals surface area contributed by atoms with Crippen molar-refractivity contribution in [3.05, 3.63) is 51.8 Å². The van der Waals surface area contributed by atoms with Crippen molar-refractivity contribution in [1.82, 2.24) is 14.2 Å². The van der Waals surface area contributed by atoms with Crippen LogP contribution in [0.1, 0.15) is 40.5 Å². The molecule has 29 heavy (non-hydrogen) atoms. The maximum absolute atomic E-state index is 12.9. The van der Waals surface area contributed by atoms with Gasteiger partial charge >= 0.3 is 0 Å². The first-order chi connectivity index (χ1) is 13.7. The number of nitrogens with zero attached hydrogens (tertiary/aromatic N) is 2. The fourth-order valence-electron chi connectivity index (χ4n) is 3.69. The predicted octanol–water partition coefficient (Wildman–Crippen LogP) is 0.724. The van der Waals surface area contributed by atoms with Crippen LogP contribution in [0.3, 0.4) is 0 Å². The van der Waals surface area contributed by atoms with E-state index in [4.69, 9.17) is 5.73 Å². The first-order valence-corrected chi connectivity index (χ1v) is 10.7. The molecule has 1 saturated heterocycles. The average Bonchev–Trinajstić information content (AvgIpc) is 2.96. The van der Waals surface area contributed by atoms with E-state index < -0.39 is 27.4 Å².